The minimum absolute atomic E-state index is 0.0151. The van der Waals surface area contributed by atoms with E-state index in [0.717, 1.165) is 22.2 Å². The van der Waals surface area contributed by atoms with Gasteiger partial charge in [-0.2, -0.15) is 0 Å². The first-order valence-electron chi connectivity index (χ1n) is 11.0. The van der Waals surface area contributed by atoms with Gasteiger partial charge in [0.15, 0.2) is 16.5 Å². The molecular formula is C27H23FN2O4S. The Morgan fingerprint density at radius 2 is 1.71 bits per heavy atom. The van der Waals surface area contributed by atoms with Crippen LogP contribution in [0.1, 0.15) is 22.3 Å². The van der Waals surface area contributed by atoms with Crippen molar-refractivity contribution in [1.29, 1.82) is 0 Å². The summed E-state index contributed by atoms with van der Waals surface area (Å²) in [6, 6.07) is 13.9. The van der Waals surface area contributed by atoms with Gasteiger partial charge in [0.1, 0.15) is 12.4 Å². The van der Waals surface area contributed by atoms with Crippen LogP contribution in [-0.4, -0.2) is 23.6 Å². The molecule has 0 atom stereocenters. The third-order valence-corrected chi connectivity index (χ3v) is 6.93. The zero-order valence-electron chi connectivity index (χ0n) is 19.7. The molecule has 178 valence electrons. The summed E-state index contributed by atoms with van der Waals surface area (Å²) in [5.74, 6) is 0.837. The Kier molecular flexibility index (Phi) is 5.90. The van der Waals surface area contributed by atoms with Crippen LogP contribution in [-0.2, 0) is 6.61 Å². The summed E-state index contributed by atoms with van der Waals surface area (Å²) in [6.07, 6.45) is 1.78. The fourth-order valence-corrected chi connectivity index (χ4v) is 4.95. The van der Waals surface area contributed by atoms with Gasteiger partial charge >= 0.3 is 0 Å². The highest BCUT2D eigenvalue weighted by molar-refractivity contribution is 7.15. The average Bonchev–Trinajstić information content (AvgIpc) is 3.34. The van der Waals surface area contributed by atoms with Crippen LogP contribution in [0, 0.1) is 19.7 Å². The van der Waals surface area contributed by atoms with E-state index in [1.807, 2.05) is 26.0 Å². The zero-order chi connectivity index (χ0) is 24.7. The minimum atomic E-state index is -0.348. The van der Waals surface area contributed by atoms with E-state index in [4.69, 9.17) is 14.2 Å². The Balaban J connectivity index is 1.56. The Labute approximate surface area is 204 Å². The molecule has 0 fully saturated rings. The second-order valence-corrected chi connectivity index (χ2v) is 9.21. The van der Waals surface area contributed by atoms with Gasteiger partial charge in [-0.1, -0.05) is 29.5 Å². The molecule has 5 rings (SSSR count). The quantitative estimate of drug-likeness (QED) is 0.342. The zero-order valence-corrected chi connectivity index (χ0v) is 20.5. The summed E-state index contributed by atoms with van der Waals surface area (Å²) in [5.41, 5.74) is 4.85. The van der Waals surface area contributed by atoms with Gasteiger partial charge in [0.2, 0.25) is 5.75 Å². The van der Waals surface area contributed by atoms with Crippen LogP contribution in [0.5, 0.6) is 17.2 Å². The molecule has 5 aromatic rings. The van der Waals surface area contributed by atoms with Gasteiger partial charge in [-0.15, -0.1) is 0 Å². The molecule has 0 radical (unpaired) electrons. The standard InChI is InChI=1S/C27H23FN2O4S/c1-15-9-20-21(10-16(15)2)30-26(31)24(35-27(30)29-20)13-17-11-22(32-3)25(23(12-17)33-4)34-14-18-7-5-6-8-19(18)28/h5-13H,14H2,1-4H3/b24-13-. The number of fused-ring (bicyclic) bond motifs is 3. The van der Waals surface area contributed by atoms with E-state index in [-0.39, 0.29) is 18.0 Å². The van der Waals surface area contributed by atoms with E-state index in [1.54, 1.807) is 40.8 Å². The van der Waals surface area contributed by atoms with E-state index in [0.29, 0.717) is 37.9 Å². The van der Waals surface area contributed by atoms with Crippen molar-refractivity contribution >= 4 is 33.4 Å². The number of aryl methyl sites for hydroxylation is 2. The highest BCUT2D eigenvalue weighted by Gasteiger charge is 2.16. The molecule has 6 nitrogen and oxygen atoms in total. The van der Waals surface area contributed by atoms with E-state index < -0.39 is 0 Å². The molecule has 35 heavy (non-hydrogen) atoms. The van der Waals surface area contributed by atoms with E-state index >= 15 is 0 Å². The number of hydrogen-bond acceptors (Lipinski definition) is 6. The highest BCUT2D eigenvalue weighted by atomic mass is 32.1. The van der Waals surface area contributed by atoms with Gasteiger partial charge in [-0.05, 0) is 66.9 Å². The van der Waals surface area contributed by atoms with E-state index in [9.17, 15) is 9.18 Å². The molecule has 8 heteroatoms. The van der Waals surface area contributed by atoms with Gasteiger partial charge < -0.3 is 14.2 Å². The first-order valence-corrected chi connectivity index (χ1v) is 11.8. The molecule has 0 aliphatic rings. The lowest BCUT2D eigenvalue weighted by atomic mass is 10.1. The van der Waals surface area contributed by atoms with Crippen LogP contribution < -0.4 is 24.3 Å². The number of thiazole rings is 1. The first-order chi connectivity index (χ1) is 16.9. The predicted octanol–water partition coefficient (Wildman–Crippen LogP) is 4.81. The third-order valence-electron chi connectivity index (χ3n) is 5.96. The number of benzene rings is 3. The molecule has 0 aliphatic carbocycles. The van der Waals surface area contributed by atoms with Gasteiger partial charge in [0, 0.05) is 5.56 Å². The largest absolute Gasteiger partial charge is 0.493 e. The van der Waals surface area contributed by atoms with Crippen molar-refractivity contribution in [2.75, 3.05) is 14.2 Å². The summed E-state index contributed by atoms with van der Waals surface area (Å²) in [4.78, 5) is 18.5. The predicted molar refractivity (Wildman–Crippen MR) is 135 cm³/mol. The molecule has 0 unspecified atom stereocenters. The van der Waals surface area contributed by atoms with Gasteiger partial charge in [-0.25, -0.2) is 13.8 Å². The molecule has 0 spiro atoms. The van der Waals surface area contributed by atoms with Crippen molar-refractivity contribution in [3.63, 3.8) is 0 Å². The Bertz CT molecular complexity index is 1660. The van der Waals surface area contributed by atoms with Crippen molar-refractivity contribution in [1.82, 2.24) is 9.38 Å². The number of halogens is 1. The maximum Gasteiger partial charge on any atom is 0.274 e. The third kappa shape index (κ3) is 4.10. The Morgan fingerprint density at radius 3 is 2.40 bits per heavy atom. The summed E-state index contributed by atoms with van der Waals surface area (Å²) in [6.45, 7) is 4.07. The lowest BCUT2D eigenvalue weighted by Gasteiger charge is -2.15. The van der Waals surface area contributed by atoms with Crippen molar-refractivity contribution in [2.45, 2.75) is 20.5 Å². The molecule has 0 bridgehead atoms. The molecule has 2 aromatic heterocycles. The first kappa shape index (κ1) is 22.9. The lowest BCUT2D eigenvalue weighted by Crippen LogP contribution is -2.22. The molecule has 2 heterocycles. The van der Waals surface area contributed by atoms with Crippen LogP contribution >= 0.6 is 11.3 Å². The average molecular weight is 491 g/mol. The molecule has 0 aliphatic heterocycles. The van der Waals surface area contributed by atoms with Crippen molar-refractivity contribution in [2.24, 2.45) is 0 Å². The number of ether oxygens (including phenoxy) is 3. The number of rotatable bonds is 6. The number of hydrogen-bond donors (Lipinski definition) is 0. The Morgan fingerprint density at radius 1 is 1.03 bits per heavy atom. The number of aromatic nitrogens is 2. The SMILES string of the molecule is COc1cc(/C=c2\sc3nc4cc(C)c(C)cc4n3c2=O)cc(OC)c1OCc1ccccc1F. The number of imidazole rings is 1. The molecular weight excluding hydrogens is 467 g/mol. The van der Waals surface area contributed by atoms with Crippen LogP contribution in [0.4, 0.5) is 4.39 Å². The molecule has 3 aromatic carbocycles. The summed E-state index contributed by atoms with van der Waals surface area (Å²) < 4.78 is 33.1. The summed E-state index contributed by atoms with van der Waals surface area (Å²) in [7, 11) is 3.03. The molecule has 0 saturated heterocycles. The number of nitrogens with zero attached hydrogens (tertiary/aromatic N) is 2. The topological polar surface area (TPSA) is 62.1 Å². The van der Waals surface area contributed by atoms with E-state index in [1.165, 1.54) is 31.6 Å². The molecule has 0 saturated carbocycles. The Hall–Kier alpha value is -3.91. The van der Waals surface area contributed by atoms with Crippen molar-refractivity contribution in [3.05, 3.63) is 91.5 Å². The van der Waals surface area contributed by atoms with Crippen LogP contribution in [0.2, 0.25) is 0 Å². The minimum Gasteiger partial charge on any atom is -0.493 e. The maximum absolute atomic E-state index is 14.0. The second kappa shape index (κ2) is 9.03. The summed E-state index contributed by atoms with van der Waals surface area (Å²) in [5, 5.41) is 0. The van der Waals surface area contributed by atoms with Crippen LogP contribution in [0.25, 0.3) is 22.1 Å². The van der Waals surface area contributed by atoms with E-state index in [2.05, 4.69) is 4.98 Å². The fraction of sp³-hybridized carbons (Fsp3) is 0.185. The van der Waals surface area contributed by atoms with Crippen LogP contribution in [0.15, 0.2) is 53.3 Å². The maximum atomic E-state index is 14.0. The lowest BCUT2D eigenvalue weighted by molar-refractivity contribution is 0.262. The monoisotopic (exact) mass is 490 g/mol. The number of methoxy groups -OCH3 is 2. The fourth-order valence-electron chi connectivity index (χ4n) is 3.96. The van der Waals surface area contributed by atoms with Gasteiger partial charge in [0.25, 0.3) is 5.56 Å². The smallest absolute Gasteiger partial charge is 0.274 e. The van der Waals surface area contributed by atoms with Crippen molar-refractivity contribution in [3.8, 4) is 17.2 Å². The molecule has 0 amide bonds. The van der Waals surface area contributed by atoms with Gasteiger partial charge in [0.05, 0.1) is 29.8 Å². The van der Waals surface area contributed by atoms with Crippen LogP contribution in [0.3, 0.4) is 0 Å². The second-order valence-electron chi connectivity index (χ2n) is 8.21. The highest BCUT2D eigenvalue weighted by Crippen LogP contribution is 2.39. The normalized spacial score (nSPS) is 12.0. The van der Waals surface area contributed by atoms with Crippen molar-refractivity contribution < 1.29 is 18.6 Å². The molecule has 0 N–H and O–H groups in total. The van der Waals surface area contributed by atoms with Gasteiger partial charge in [-0.3, -0.25) is 4.79 Å². The summed E-state index contributed by atoms with van der Waals surface area (Å²) >= 11 is 1.33.